The highest BCUT2D eigenvalue weighted by Gasteiger charge is 2.21. The van der Waals surface area contributed by atoms with E-state index in [1.165, 1.54) is 0 Å². The lowest BCUT2D eigenvalue weighted by molar-refractivity contribution is 0.0796. The predicted molar refractivity (Wildman–Crippen MR) is 55.1 cm³/mol. The number of rotatable bonds is 2. The molecule has 4 nitrogen and oxygen atoms in total. The van der Waals surface area contributed by atoms with Gasteiger partial charge in [0.2, 0.25) is 0 Å². The van der Waals surface area contributed by atoms with Crippen molar-refractivity contribution in [2.75, 3.05) is 18.9 Å². The Hall–Kier alpha value is -1.03. The summed E-state index contributed by atoms with van der Waals surface area (Å²) in [5, 5.41) is 0. The van der Waals surface area contributed by atoms with Gasteiger partial charge in [0, 0.05) is 19.1 Å². The summed E-state index contributed by atoms with van der Waals surface area (Å²) in [7, 11) is 0. The molecular weight excluding hydrogens is 178 g/mol. The number of hydrogen-bond acceptors (Lipinski definition) is 3. The topological polar surface area (TPSA) is 53.1 Å². The van der Waals surface area contributed by atoms with E-state index in [1.54, 1.807) is 0 Å². The number of nitrogen functional groups attached to an aromatic ring is 1. The lowest BCUT2D eigenvalue weighted by atomic mass is 9.99. The van der Waals surface area contributed by atoms with Gasteiger partial charge in [0.05, 0.1) is 18.6 Å². The first-order valence-corrected chi connectivity index (χ1v) is 5.21. The molecule has 14 heavy (non-hydrogen) atoms. The zero-order chi connectivity index (χ0) is 9.97. The SMILES string of the molecule is CCn1cnc(C2CCCOC2)c1N. The van der Waals surface area contributed by atoms with Crippen LogP contribution in [0.15, 0.2) is 6.33 Å². The molecule has 0 aliphatic carbocycles. The third-order valence-corrected chi connectivity index (χ3v) is 2.80. The Morgan fingerprint density at radius 1 is 1.71 bits per heavy atom. The van der Waals surface area contributed by atoms with Crippen molar-refractivity contribution in [3.05, 3.63) is 12.0 Å². The molecule has 1 aliphatic rings. The van der Waals surface area contributed by atoms with Crippen molar-refractivity contribution in [2.24, 2.45) is 0 Å². The van der Waals surface area contributed by atoms with E-state index in [2.05, 4.69) is 11.9 Å². The van der Waals surface area contributed by atoms with Crippen LogP contribution < -0.4 is 5.73 Å². The normalized spacial score (nSPS) is 22.5. The van der Waals surface area contributed by atoms with Gasteiger partial charge in [-0.1, -0.05) is 0 Å². The van der Waals surface area contributed by atoms with Crippen LogP contribution in [0.25, 0.3) is 0 Å². The summed E-state index contributed by atoms with van der Waals surface area (Å²) in [6.45, 7) is 4.60. The summed E-state index contributed by atoms with van der Waals surface area (Å²) in [4.78, 5) is 4.37. The molecule has 1 fully saturated rings. The Morgan fingerprint density at radius 2 is 2.57 bits per heavy atom. The van der Waals surface area contributed by atoms with E-state index >= 15 is 0 Å². The lowest BCUT2D eigenvalue weighted by Gasteiger charge is -2.20. The number of anilines is 1. The Balaban J connectivity index is 2.18. The molecule has 1 aromatic rings. The first-order valence-electron chi connectivity index (χ1n) is 5.21. The van der Waals surface area contributed by atoms with Gasteiger partial charge in [-0.05, 0) is 19.8 Å². The molecule has 1 atom stereocenters. The summed E-state index contributed by atoms with van der Waals surface area (Å²) in [6, 6.07) is 0. The van der Waals surface area contributed by atoms with Crippen LogP contribution >= 0.6 is 0 Å². The van der Waals surface area contributed by atoms with Crippen LogP contribution in [0.2, 0.25) is 0 Å². The molecule has 1 unspecified atom stereocenters. The maximum atomic E-state index is 5.99. The summed E-state index contributed by atoms with van der Waals surface area (Å²) < 4.78 is 7.41. The van der Waals surface area contributed by atoms with Gasteiger partial charge in [-0.25, -0.2) is 4.98 Å². The van der Waals surface area contributed by atoms with E-state index in [1.807, 2.05) is 10.9 Å². The minimum atomic E-state index is 0.400. The first-order chi connectivity index (χ1) is 6.83. The number of ether oxygens (including phenoxy) is 1. The van der Waals surface area contributed by atoms with Gasteiger partial charge in [0.15, 0.2) is 0 Å². The highest BCUT2D eigenvalue weighted by molar-refractivity contribution is 5.38. The summed E-state index contributed by atoms with van der Waals surface area (Å²) in [5.41, 5.74) is 7.01. The largest absolute Gasteiger partial charge is 0.384 e. The molecule has 0 radical (unpaired) electrons. The molecule has 2 heterocycles. The van der Waals surface area contributed by atoms with Crippen molar-refractivity contribution >= 4 is 5.82 Å². The second kappa shape index (κ2) is 4.00. The van der Waals surface area contributed by atoms with Crippen molar-refractivity contribution in [1.82, 2.24) is 9.55 Å². The van der Waals surface area contributed by atoms with Gasteiger partial charge in [-0.3, -0.25) is 0 Å². The van der Waals surface area contributed by atoms with Crippen LogP contribution in [-0.2, 0) is 11.3 Å². The van der Waals surface area contributed by atoms with Gasteiger partial charge in [0.25, 0.3) is 0 Å². The zero-order valence-electron chi connectivity index (χ0n) is 8.57. The van der Waals surface area contributed by atoms with E-state index < -0.39 is 0 Å². The number of aryl methyl sites for hydroxylation is 1. The van der Waals surface area contributed by atoms with Crippen LogP contribution in [0.3, 0.4) is 0 Å². The van der Waals surface area contributed by atoms with Gasteiger partial charge in [-0.2, -0.15) is 0 Å². The second-order valence-electron chi connectivity index (χ2n) is 3.72. The molecule has 2 N–H and O–H groups in total. The molecule has 0 spiro atoms. The molecular formula is C10H17N3O. The second-order valence-corrected chi connectivity index (χ2v) is 3.72. The molecule has 4 heteroatoms. The Labute approximate surface area is 84.1 Å². The molecule has 1 aromatic heterocycles. The van der Waals surface area contributed by atoms with Crippen molar-refractivity contribution in [2.45, 2.75) is 32.2 Å². The third kappa shape index (κ3) is 1.62. The molecule has 0 aromatic carbocycles. The third-order valence-electron chi connectivity index (χ3n) is 2.80. The van der Waals surface area contributed by atoms with Gasteiger partial charge >= 0.3 is 0 Å². The number of nitrogens with two attached hydrogens (primary N) is 1. The number of imidazole rings is 1. The van der Waals surface area contributed by atoms with E-state index in [9.17, 15) is 0 Å². The molecule has 0 saturated carbocycles. The number of nitrogens with zero attached hydrogens (tertiary/aromatic N) is 2. The highest BCUT2D eigenvalue weighted by Crippen LogP contribution is 2.28. The van der Waals surface area contributed by atoms with Crippen molar-refractivity contribution in [3.8, 4) is 0 Å². The average Bonchev–Trinajstić information content (AvgIpc) is 2.61. The van der Waals surface area contributed by atoms with Crippen molar-refractivity contribution < 1.29 is 4.74 Å². The maximum Gasteiger partial charge on any atom is 0.126 e. The van der Waals surface area contributed by atoms with E-state index in [-0.39, 0.29) is 0 Å². The van der Waals surface area contributed by atoms with Crippen LogP contribution in [0.5, 0.6) is 0 Å². The van der Waals surface area contributed by atoms with Crippen LogP contribution in [0.4, 0.5) is 5.82 Å². The fourth-order valence-electron chi connectivity index (χ4n) is 1.93. The number of hydrogen-bond donors (Lipinski definition) is 1. The smallest absolute Gasteiger partial charge is 0.126 e. The van der Waals surface area contributed by atoms with Gasteiger partial charge in [-0.15, -0.1) is 0 Å². The summed E-state index contributed by atoms with van der Waals surface area (Å²) in [6.07, 6.45) is 4.08. The Morgan fingerprint density at radius 3 is 3.14 bits per heavy atom. The van der Waals surface area contributed by atoms with Crippen LogP contribution in [0, 0.1) is 0 Å². The Kier molecular flexibility index (Phi) is 2.72. The van der Waals surface area contributed by atoms with Crippen LogP contribution in [-0.4, -0.2) is 22.8 Å². The number of aromatic nitrogens is 2. The zero-order valence-corrected chi connectivity index (χ0v) is 8.57. The summed E-state index contributed by atoms with van der Waals surface area (Å²) in [5.74, 6) is 1.21. The molecule has 0 amide bonds. The predicted octanol–water partition coefficient (Wildman–Crippen LogP) is 1.38. The highest BCUT2D eigenvalue weighted by atomic mass is 16.5. The van der Waals surface area contributed by atoms with Gasteiger partial charge in [0.1, 0.15) is 5.82 Å². The van der Waals surface area contributed by atoms with Crippen molar-refractivity contribution in [1.29, 1.82) is 0 Å². The van der Waals surface area contributed by atoms with Gasteiger partial charge < -0.3 is 15.0 Å². The van der Waals surface area contributed by atoms with E-state index in [4.69, 9.17) is 10.5 Å². The lowest BCUT2D eigenvalue weighted by Crippen LogP contribution is -2.17. The Bertz CT molecular complexity index is 302. The van der Waals surface area contributed by atoms with E-state index in [0.717, 1.165) is 44.1 Å². The fraction of sp³-hybridized carbons (Fsp3) is 0.700. The average molecular weight is 195 g/mol. The quantitative estimate of drug-likeness (QED) is 0.775. The maximum absolute atomic E-state index is 5.99. The summed E-state index contributed by atoms with van der Waals surface area (Å²) >= 11 is 0. The van der Waals surface area contributed by atoms with Crippen LogP contribution in [0.1, 0.15) is 31.4 Å². The fourth-order valence-corrected chi connectivity index (χ4v) is 1.93. The first kappa shape index (κ1) is 9.52. The monoisotopic (exact) mass is 195 g/mol. The van der Waals surface area contributed by atoms with Crippen molar-refractivity contribution in [3.63, 3.8) is 0 Å². The molecule has 1 saturated heterocycles. The molecule has 2 rings (SSSR count). The minimum absolute atomic E-state index is 0.400. The van der Waals surface area contributed by atoms with E-state index in [0.29, 0.717) is 5.92 Å². The molecule has 0 bridgehead atoms. The minimum Gasteiger partial charge on any atom is -0.384 e. The molecule has 78 valence electrons. The molecule has 1 aliphatic heterocycles. The standard InChI is InChI=1S/C10H17N3O/c1-2-13-7-12-9(10(13)11)8-4-3-5-14-6-8/h7-8H,2-6,11H2,1H3.